The third-order valence-electron chi connectivity index (χ3n) is 4.23. The maximum atomic E-state index is 13.0. The van der Waals surface area contributed by atoms with E-state index in [9.17, 15) is 18.0 Å². The van der Waals surface area contributed by atoms with Crippen LogP contribution >= 0.6 is 0 Å². The van der Waals surface area contributed by atoms with E-state index in [1.807, 2.05) is 20.8 Å². The molecule has 1 fully saturated rings. The Bertz CT molecular complexity index is 720. The molecule has 0 spiro atoms. The molecule has 1 heterocycles. The fraction of sp³-hybridized carbons (Fsp3) is 0.556. The third kappa shape index (κ3) is 4.44. The van der Waals surface area contributed by atoms with E-state index in [-0.39, 0.29) is 30.1 Å². The Balaban J connectivity index is 2.39. The Morgan fingerprint density at radius 2 is 1.58 bits per heavy atom. The van der Waals surface area contributed by atoms with Crippen LogP contribution in [0.5, 0.6) is 0 Å². The molecule has 2 rings (SSSR count). The van der Waals surface area contributed by atoms with Gasteiger partial charge < -0.3 is 0 Å². The lowest BCUT2D eigenvalue weighted by Crippen LogP contribution is -2.43. The molecule has 0 atom stereocenters. The molecule has 6 heteroatoms. The van der Waals surface area contributed by atoms with Crippen LogP contribution in [0.15, 0.2) is 29.2 Å². The van der Waals surface area contributed by atoms with E-state index in [1.54, 1.807) is 12.1 Å². The zero-order valence-electron chi connectivity index (χ0n) is 14.5. The van der Waals surface area contributed by atoms with Crippen molar-refractivity contribution in [3.8, 4) is 0 Å². The summed E-state index contributed by atoms with van der Waals surface area (Å²) >= 11 is 0. The van der Waals surface area contributed by atoms with Crippen molar-refractivity contribution in [2.24, 2.45) is 5.41 Å². The second-order valence-corrected chi connectivity index (χ2v) is 9.17. The largest absolute Gasteiger partial charge is 0.300 e. The Labute approximate surface area is 144 Å². The van der Waals surface area contributed by atoms with Crippen molar-refractivity contribution in [1.29, 1.82) is 0 Å². The number of benzene rings is 1. The molecule has 1 aromatic rings. The Hall–Kier alpha value is -1.69. The first-order chi connectivity index (χ1) is 11.1. The molecule has 5 nitrogen and oxygen atoms in total. The molecule has 1 aromatic carbocycles. The van der Waals surface area contributed by atoms with E-state index >= 15 is 0 Å². The summed E-state index contributed by atoms with van der Waals surface area (Å²) < 4.78 is 26.9. The van der Waals surface area contributed by atoms with Crippen molar-refractivity contribution in [2.75, 3.05) is 6.54 Å². The molecule has 24 heavy (non-hydrogen) atoms. The predicted molar refractivity (Wildman–Crippen MR) is 92.0 cm³/mol. The second-order valence-electron chi connectivity index (χ2n) is 7.31. The van der Waals surface area contributed by atoms with E-state index in [4.69, 9.17) is 0 Å². The summed E-state index contributed by atoms with van der Waals surface area (Å²) in [5, 5.41) is 0. The number of amides is 1. The van der Waals surface area contributed by atoms with Gasteiger partial charge in [0.1, 0.15) is 5.78 Å². The van der Waals surface area contributed by atoms with Gasteiger partial charge in [-0.15, -0.1) is 0 Å². The number of nitrogens with zero attached hydrogens (tertiary/aromatic N) is 1. The number of Topliss-reactive ketones (excluding diaryl/α,β-unsaturated/α-hetero) is 1. The SMILES string of the molecule is Cc1ccc(S(=O)(=O)N2CC(C)(C)CC(=O)CCCCC2=O)cc1. The number of hydrogen-bond donors (Lipinski definition) is 0. The lowest BCUT2D eigenvalue weighted by atomic mass is 9.85. The maximum Gasteiger partial charge on any atom is 0.266 e. The summed E-state index contributed by atoms with van der Waals surface area (Å²) in [6.07, 6.45) is 2.04. The smallest absolute Gasteiger partial charge is 0.266 e. The molecule has 0 radical (unpaired) electrons. The maximum absolute atomic E-state index is 13.0. The number of carbonyl (C=O) groups excluding carboxylic acids is 2. The molecule has 0 N–H and O–H groups in total. The van der Waals surface area contributed by atoms with Crippen molar-refractivity contribution in [3.63, 3.8) is 0 Å². The molecule has 0 saturated carbocycles. The number of carbonyl (C=O) groups is 2. The van der Waals surface area contributed by atoms with Gasteiger partial charge in [-0.1, -0.05) is 31.5 Å². The van der Waals surface area contributed by atoms with Crippen LogP contribution in [0.1, 0.15) is 51.5 Å². The topological polar surface area (TPSA) is 71.5 Å². The predicted octanol–water partition coefficient (Wildman–Crippen LogP) is 3.07. The van der Waals surface area contributed by atoms with Gasteiger partial charge in [-0.25, -0.2) is 12.7 Å². The summed E-state index contributed by atoms with van der Waals surface area (Å²) in [6.45, 7) is 5.56. The lowest BCUT2D eigenvalue weighted by molar-refractivity contribution is -0.129. The van der Waals surface area contributed by atoms with Gasteiger partial charge in [0, 0.05) is 25.8 Å². The first-order valence-electron chi connectivity index (χ1n) is 8.26. The molecule has 1 aliphatic heterocycles. The van der Waals surface area contributed by atoms with Crippen LogP contribution in [-0.4, -0.2) is 31.0 Å². The Morgan fingerprint density at radius 1 is 1.00 bits per heavy atom. The number of rotatable bonds is 2. The van der Waals surface area contributed by atoms with Gasteiger partial charge in [-0.3, -0.25) is 9.59 Å². The van der Waals surface area contributed by atoms with Crippen LogP contribution in [0.2, 0.25) is 0 Å². The number of sulfonamides is 1. The molecule has 132 valence electrons. The van der Waals surface area contributed by atoms with Gasteiger partial charge in [0.15, 0.2) is 0 Å². The highest BCUT2D eigenvalue weighted by molar-refractivity contribution is 7.89. The van der Waals surface area contributed by atoms with E-state index < -0.39 is 21.3 Å². The summed E-state index contributed by atoms with van der Waals surface area (Å²) in [6, 6.07) is 6.48. The zero-order chi connectivity index (χ0) is 18.0. The highest BCUT2D eigenvalue weighted by Gasteiger charge is 2.35. The highest BCUT2D eigenvalue weighted by Crippen LogP contribution is 2.29. The standard InChI is InChI=1S/C18H25NO4S/c1-14-8-10-16(11-9-14)24(22,23)19-13-18(2,3)12-15(20)6-4-5-7-17(19)21/h8-11H,4-7,12-13H2,1-3H3. The van der Waals surface area contributed by atoms with Crippen molar-refractivity contribution in [3.05, 3.63) is 29.8 Å². The first-order valence-corrected chi connectivity index (χ1v) is 9.70. The van der Waals surface area contributed by atoms with E-state index in [1.165, 1.54) is 12.1 Å². The van der Waals surface area contributed by atoms with Crippen LogP contribution in [0.4, 0.5) is 0 Å². The molecule has 0 aliphatic carbocycles. The molecular weight excluding hydrogens is 326 g/mol. The van der Waals surface area contributed by atoms with E-state index in [0.717, 1.165) is 9.87 Å². The van der Waals surface area contributed by atoms with Crippen LogP contribution in [0.25, 0.3) is 0 Å². The van der Waals surface area contributed by atoms with Gasteiger partial charge >= 0.3 is 0 Å². The van der Waals surface area contributed by atoms with Crippen molar-refractivity contribution in [2.45, 2.75) is 57.8 Å². The molecule has 0 aromatic heterocycles. The van der Waals surface area contributed by atoms with E-state index in [0.29, 0.717) is 19.3 Å². The molecule has 1 amide bonds. The van der Waals surface area contributed by atoms with Crippen LogP contribution in [0.3, 0.4) is 0 Å². The van der Waals surface area contributed by atoms with Gasteiger partial charge in [-0.05, 0) is 37.3 Å². The van der Waals surface area contributed by atoms with Crippen molar-refractivity contribution < 1.29 is 18.0 Å². The Morgan fingerprint density at radius 3 is 2.21 bits per heavy atom. The average Bonchev–Trinajstić information content (AvgIpc) is 2.48. The van der Waals surface area contributed by atoms with Gasteiger partial charge in [-0.2, -0.15) is 0 Å². The Kier molecular flexibility index (Phi) is 5.48. The van der Waals surface area contributed by atoms with Gasteiger partial charge in [0.2, 0.25) is 5.91 Å². The second kappa shape index (κ2) is 7.05. The number of aryl methyl sites for hydroxylation is 1. The van der Waals surface area contributed by atoms with Gasteiger partial charge in [0.25, 0.3) is 10.0 Å². The summed E-state index contributed by atoms with van der Waals surface area (Å²) in [5.74, 6) is -0.264. The highest BCUT2D eigenvalue weighted by atomic mass is 32.2. The fourth-order valence-electron chi connectivity index (χ4n) is 2.93. The molecule has 1 aliphatic rings. The zero-order valence-corrected chi connectivity index (χ0v) is 15.4. The summed E-state index contributed by atoms with van der Waals surface area (Å²) in [5.41, 5.74) is 0.370. The quantitative estimate of drug-likeness (QED) is 0.821. The molecule has 1 saturated heterocycles. The average molecular weight is 351 g/mol. The monoisotopic (exact) mass is 351 g/mol. The minimum absolute atomic E-state index is 0.0216. The van der Waals surface area contributed by atoms with Crippen molar-refractivity contribution >= 4 is 21.7 Å². The normalized spacial score (nSPS) is 20.0. The minimum atomic E-state index is -3.91. The molecular formula is C18H25NO4S. The molecule has 0 unspecified atom stereocenters. The third-order valence-corrected chi connectivity index (χ3v) is 6.01. The van der Waals surface area contributed by atoms with Gasteiger partial charge in [0.05, 0.1) is 4.90 Å². The first kappa shape index (κ1) is 18.6. The van der Waals surface area contributed by atoms with Crippen LogP contribution in [0, 0.1) is 12.3 Å². The minimum Gasteiger partial charge on any atom is -0.300 e. The van der Waals surface area contributed by atoms with E-state index in [2.05, 4.69) is 0 Å². The lowest BCUT2D eigenvalue weighted by Gasteiger charge is -2.32. The number of ketones is 1. The molecule has 0 bridgehead atoms. The number of hydrogen-bond acceptors (Lipinski definition) is 4. The summed E-state index contributed by atoms with van der Waals surface area (Å²) in [4.78, 5) is 24.7. The summed E-state index contributed by atoms with van der Waals surface area (Å²) in [7, 11) is -3.91. The fourth-order valence-corrected chi connectivity index (χ4v) is 4.55. The van der Waals surface area contributed by atoms with Crippen LogP contribution < -0.4 is 0 Å². The van der Waals surface area contributed by atoms with Crippen LogP contribution in [-0.2, 0) is 19.6 Å². The van der Waals surface area contributed by atoms with Crippen molar-refractivity contribution in [1.82, 2.24) is 4.31 Å².